The van der Waals surface area contributed by atoms with Crippen molar-refractivity contribution >= 4 is 23.5 Å². The van der Waals surface area contributed by atoms with Crippen molar-refractivity contribution in [1.82, 2.24) is 20.9 Å². The molecule has 11 nitrogen and oxygen atoms in total. The molecule has 0 radical (unpaired) electrons. The molecule has 0 bridgehead atoms. The van der Waals surface area contributed by atoms with Crippen molar-refractivity contribution < 1.29 is 33.4 Å². The van der Waals surface area contributed by atoms with Crippen LogP contribution in [0.1, 0.15) is 25.0 Å². The van der Waals surface area contributed by atoms with E-state index in [9.17, 15) is 19.2 Å². The fraction of sp³-hybridized carbons (Fsp3) is 0.484. The number of hydrogen-bond donors (Lipinski definition) is 3. The predicted molar refractivity (Wildman–Crippen MR) is 155 cm³/mol. The first-order valence-corrected chi connectivity index (χ1v) is 14.2. The molecule has 4 unspecified atom stereocenters. The van der Waals surface area contributed by atoms with Gasteiger partial charge < -0.3 is 30.2 Å². The zero-order valence-electron chi connectivity index (χ0n) is 24.4. The summed E-state index contributed by atoms with van der Waals surface area (Å²) in [6, 6.07) is 13.8. The molecule has 0 spiro atoms. The van der Waals surface area contributed by atoms with Gasteiger partial charge in [0.15, 0.2) is 5.78 Å². The quantitative estimate of drug-likeness (QED) is 0.277. The summed E-state index contributed by atoms with van der Waals surface area (Å²) in [6.45, 7) is 6.13. The molecule has 2 heterocycles. The minimum absolute atomic E-state index is 0.154. The van der Waals surface area contributed by atoms with Gasteiger partial charge in [0.1, 0.15) is 23.4 Å². The number of nitrogens with one attached hydrogen (secondary N) is 3. The first kappa shape index (κ1) is 31.1. The number of ketones is 1. The van der Waals surface area contributed by atoms with Crippen molar-refractivity contribution in [3.8, 4) is 5.75 Å². The highest BCUT2D eigenvalue weighted by molar-refractivity contribution is 5.98. The second-order valence-corrected chi connectivity index (χ2v) is 10.9. The van der Waals surface area contributed by atoms with Gasteiger partial charge in [-0.1, -0.05) is 42.5 Å². The predicted octanol–water partition coefficient (Wildman–Crippen LogP) is 0.645. The highest BCUT2D eigenvalue weighted by Crippen LogP contribution is 2.29. The van der Waals surface area contributed by atoms with Gasteiger partial charge in [0, 0.05) is 19.5 Å². The molecule has 11 heteroatoms. The molecule has 3 N–H and O–H groups in total. The van der Waals surface area contributed by atoms with Crippen molar-refractivity contribution in [2.24, 2.45) is 0 Å². The third-order valence-corrected chi connectivity index (χ3v) is 7.49. The first-order valence-electron chi connectivity index (χ1n) is 14.2. The maximum atomic E-state index is 13.7. The van der Waals surface area contributed by atoms with E-state index >= 15 is 0 Å². The van der Waals surface area contributed by atoms with E-state index in [2.05, 4.69) is 16.0 Å². The highest BCUT2D eigenvalue weighted by Gasteiger charge is 2.50. The summed E-state index contributed by atoms with van der Waals surface area (Å²) in [4.78, 5) is 54.8. The fourth-order valence-corrected chi connectivity index (χ4v) is 4.77. The van der Waals surface area contributed by atoms with Crippen LogP contribution in [0.25, 0.3) is 0 Å². The summed E-state index contributed by atoms with van der Waals surface area (Å²) >= 11 is 0. The van der Waals surface area contributed by atoms with Crippen molar-refractivity contribution in [1.29, 1.82) is 0 Å². The molecule has 2 aromatic rings. The number of epoxide rings is 1. The van der Waals surface area contributed by atoms with E-state index in [1.165, 1.54) is 0 Å². The maximum Gasteiger partial charge on any atom is 0.243 e. The Morgan fingerprint density at radius 1 is 0.881 bits per heavy atom. The van der Waals surface area contributed by atoms with Gasteiger partial charge >= 0.3 is 0 Å². The van der Waals surface area contributed by atoms with Gasteiger partial charge in [-0.25, -0.2) is 0 Å². The summed E-state index contributed by atoms with van der Waals surface area (Å²) in [6.07, 6.45) is 0.442. The van der Waals surface area contributed by atoms with Crippen LogP contribution in [0.2, 0.25) is 0 Å². The lowest BCUT2D eigenvalue weighted by Crippen LogP contribution is -2.57. The average molecular weight is 581 g/mol. The number of rotatable bonds is 14. The fourth-order valence-electron chi connectivity index (χ4n) is 4.77. The molecule has 4 atom stereocenters. The van der Waals surface area contributed by atoms with Crippen LogP contribution in [0.5, 0.6) is 5.75 Å². The van der Waals surface area contributed by atoms with E-state index in [4.69, 9.17) is 14.2 Å². The van der Waals surface area contributed by atoms with Gasteiger partial charge in [-0.05, 0) is 43.5 Å². The first-order chi connectivity index (χ1) is 20.2. The Morgan fingerprint density at radius 3 is 2.10 bits per heavy atom. The number of methoxy groups -OCH3 is 1. The lowest BCUT2D eigenvalue weighted by molar-refractivity contribution is -0.134. The molecule has 0 aliphatic carbocycles. The van der Waals surface area contributed by atoms with Gasteiger partial charge in [0.05, 0.1) is 39.5 Å². The maximum absolute atomic E-state index is 13.7. The lowest BCUT2D eigenvalue weighted by Gasteiger charge is -2.27. The topological polar surface area (TPSA) is 139 Å². The molecule has 4 rings (SSSR count). The van der Waals surface area contributed by atoms with E-state index in [0.717, 1.165) is 11.1 Å². The Labute approximate surface area is 246 Å². The minimum atomic E-state index is -1.01. The smallest absolute Gasteiger partial charge is 0.243 e. The van der Waals surface area contributed by atoms with Crippen molar-refractivity contribution in [2.45, 2.75) is 50.4 Å². The van der Waals surface area contributed by atoms with Crippen LogP contribution in [-0.4, -0.2) is 98.7 Å². The Balaban J connectivity index is 1.46. The second-order valence-electron chi connectivity index (χ2n) is 10.9. The number of nitrogens with zero attached hydrogens (tertiary/aromatic N) is 1. The SMILES string of the molecule is COc1ccc(CC(NC(=O)C(C)NC(=O)CN2CCOCC2)C(=O)NC(Cc2ccccc2)C(=O)C2(C)CO2)cc1. The van der Waals surface area contributed by atoms with Crippen molar-refractivity contribution in [2.75, 3.05) is 46.6 Å². The molecule has 2 aliphatic rings. The molecule has 2 aliphatic heterocycles. The van der Waals surface area contributed by atoms with E-state index in [1.54, 1.807) is 33.1 Å². The summed E-state index contributed by atoms with van der Waals surface area (Å²) in [5, 5.41) is 8.39. The largest absolute Gasteiger partial charge is 0.497 e. The molecule has 3 amide bonds. The number of amides is 3. The number of carbonyl (C=O) groups excluding carboxylic acids is 4. The van der Waals surface area contributed by atoms with Gasteiger partial charge in [0.2, 0.25) is 17.7 Å². The van der Waals surface area contributed by atoms with E-state index in [1.807, 2.05) is 47.4 Å². The van der Waals surface area contributed by atoms with Crippen LogP contribution in [0.15, 0.2) is 54.6 Å². The van der Waals surface area contributed by atoms with Crippen LogP contribution in [-0.2, 0) is 41.5 Å². The highest BCUT2D eigenvalue weighted by atomic mass is 16.6. The van der Waals surface area contributed by atoms with Gasteiger partial charge in [0.25, 0.3) is 0 Å². The molecule has 2 fully saturated rings. The molecule has 2 saturated heterocycles. The van der Waals surface area contributed by atoms with E-state index < -0.39 is 35.5 Å². The molecular formula is C31H40N4O7. The Bertz CT molecular complexity index is 1230. The van der Waals surface area contributed by atoms with Crippen LogP contribution in [0.3, 0.4) is 0 Å². The summed E-state index contributed by atoms with van der Waals surface area (Å²) < 4.78 is 15.9. The zero-order valence-corrected chi connectivity index (χ0v) is 24.4. The Kier molecular flexibility index (Phi) is 10.7. The number of hydrogen-bond acceptors (Lipinski definition) is 8. The zero-order chi connectivity index (χ0) is 30.1. The van der Waals surface area contributed by atoms with Gasteiger partial charge in [-0.3, -0.25) is 24.1 Å². The Hall–Kier alpha value is -3.80. The molecule has 0 saturated carbocycles. The van der Waals surface area contributed by atoms with Crippen molar-refractivity contribution in [3.63, 3.8) is 0 Å². The molecule has 226 valence electrons. The van der Waals surface area contributed by atoms with Crippen LogP contribution in [0, 0.1) is 0 Å². The van der Waals surface area contributed by atoms with E-state index in [0.29, 0.717) is 38.7 Å². The van der Waals surface area contributed by atoms with Crippen LogP contribution < -0.4 is 20.7 Å². The second kappa shape index (κ2) is 14.4. The van der Waals surface area contributed by atoms with E-state index in [-0.39, 0.29) is 31.1 Å². The summed E-state index contributed by atoms with van der Waals surface area (Å²) in [5.74, 6) is -0.876. The number of carbonyl (C=O) groups is 4. The number of morpholine rings is 1. The molecular weight excluding hydrogens is 540 g/mol. The van der Waals surface area contributed by atoms with Crippen LogP contribution in [0.4, 0.5) is 0 Å². The molecule has 2 aromatic carbocycles. The summed E-state index contributed by atoms with van der Waals surface area (Å²) in [7, 11) is 1.56. The average Bonchev–Trinajstić information content (AvgIpc) is 3.75. The molecule has 0 aromatic heterocycles. The third-order valence-electron chi connectivity index (χ3n) is 7.49. The third kappa shape index (κ3) is 8.85. The van der Waals surface area contributed by atoms with Gasteiger partial charge in [-0.2, -0.15) is 0 Å². The monoisotopic (exact) mass is 580 g/mol. The number of benzene rings is 2. The number of Topliss-reactive ketones (excluding diaryl/α,β-unsaturated/α-hetero) is 1. The number of ether oxygens (including phenoxy) is 3. The Morgan fingerprint density at radius 2 is 1.48 bits per heavy atom. The normalized spacial score (nSPS) is 20.5. The van der Waals surface area contributed by atoms with Crippen LogP contribution >= 0.6 is 0 Å². The van der Waals surface area contributed by atoms with Gasteiger partial charge in [-0.15, -0.1) is 0 Å². The summed E-state index contributed by atoms with van der Waals surface area (Å²) in [5.41, 5.74) is 0.720. The molecule has 42 heavy (non-hydrogen) atoms. The lowest BCUT2D eigenvalue weighted by atomic mass is 9.94. The standard InChI is InChI=1S/C31H40N4O7/c1-21(32-27(36)19-35-13-15-41-16-14-35)29(38)34-26(18-23-9-11-24(40-3)12-10-23)30(39)33-25(28(37)31(2)20-42-31)17-22-7-5-4-6-8-22/h4-12,21,25-26H,13-20H2,1-3H3,(H,32,36)(H,33,39)(H,34,38). The van der Waals surface area contributed by atoms with Crippen molar-refractivity contribution in [3.05, 3.63) is 65.7 Å². The minimum Gasteiger partial charge on any atom is -0.497 e.